The average molecular weight is 390 g/mol. The van der Waals surface area contributed by atoms with Crippen molar-refractivity contribution in [1.29, 1.82) is 0 Å². The Hall–Kier alpha value is -3.12. The van der Waals surface area contributed by atoms with Crippen molar-refractivity contribution in [3.63, 3.8) is 0 Å². The van der Waals surface area contributed by atoms with E-state index in [1.54, 1.807) is 7.11 Å². The second kappa shape index (κ2) is 8.49. The van der Waals surface area contributed by atoms with Crippen molar-refractivity contribution in [2.45, 2.75) is 31.8 Å². The Labute approximate surface area is 170 Å². The monoisotopic (exact) mass is 390 g/mol. The van der Waals surface area contributed by atoms with Gasteiger partial charge < -0.3 is 10.5 Å². The van der Waals surface area contributed by atoms with E-state index < -0.39 is 0 Å². The largest absolute Gasteiger partial charge is 0.497 e. The summed E-state index contributed by atoms with van der Waals surface area (Å²) in [5.41, 5.74) is 9.67. The van der Waals surface area contributed by atoms with E-state index in [1.807, 2.05) is 59.3 Å². The van der Waals surface area contributed by atoms with Crippen LogP contribution in [0.1, 0.15) is 24.8 Å². The number of nitrogens with two attached hydrogens (primary N) is 1. The van der Waals surface area contributed by atoms with Crippen molar-refractivity contribution in [1.82, 2.24) is 14.7 Å². The van der Waals surface area contributed by atoms with Crippen LogP contribution < -0.4 is 10.5 Å². The summed E-state index contributed by atoms with van der Waals surface area (Å²) in [4.78, 5) is 14.1. The number of methoxy groups -OCH3 is 1. The minimum Gasteiger partial charge on any atom is -0.497 e. The van der Waals surface area contributed by atoms with Crippen LogP contribution in [-0.2, 0) is 11.3 Å². The summed E-state index contributed by atoms with van der Waals surface area (Å²) in [5.74, 6) is 0.564. The summed E-state index contributed by atoms with van der Waals surface area (Å²) < 4.78 is 7.19. The number of benzene rings is 2. The maximum absolute atomic E-state index is 12.0. The molecule has 0 aliphatic carbocycles. The molecule has 6 heteroatoms. The van der Waals surface area contributed by atoms with E-state index in [4.69, 9.17) is 15.6 Å². The first kappa shape index (κ1) is 19.2. The molecular weight excluding hydrogens is 364 g/mol. The molecule has 0 radical (unpaired) electrons. The van der Waals surface area contributed by atoms with Gasteiger partial charge in [0.05, 0.1) is 24.5 Å². The maximum Gasteiger partial charge on any atom is 0.234 e. The van der Waals surface area contributed by atoms with Gasteiger partial charge in [-0.1, -0.05) is 24.6 Å². The lowest BCUT2D eigenvalue weighted by Crippen LogP contribution is -2.47. The quantitative estimate of drug-likeness (QED) is 0.700. The highest BCUT2D eigenvalue weighted by atomic mass is 16.5. The fourth-order valence-electron chi connectivity index (χ4n) is 3.95. The lowest BCUT2D eigenvalue weighted by atomic mass is 10.00. The molecule has 1 aliphatic heterocycles. The van der Waals surface area contributed by atoms with Crippen molar-refractivity contribution in [3.8, 4) is 22.7 Å². The van der Waals surface area contributed by atoms with E-state index in [9.17, 15) is 4.79 Å². The first-order valence-electron chi connectivity index (χ1n) is 9.97. The molecular formula is C23H26N4O2. The number of aromatic nitrogens is 2. The van der Waals surface area contributed by atoms with Crippen molar-refractivity contribution < 1.29 is 9.53 Å². The van der Waals surface area contributed by atoms with Crippen LogP contribution in [0.4, 0.5) is 0 Å². The molecule has 29 heavy (non-hydrogen) atoms. The van der Waals surface area contributed by atoms with E-state index in [0.717, 1.165) is 54.1 Å². The molecule has 4 rings (SSSR count). The van der Waals surface area contributed by atoms with E-state index in [0.29, 0.717) is 6.54 Å². The third-order valence-corrected chi connectivity index (χ3v) is 5.49. The predicted octanol–water partition coefficient (Wildman–Crippen LogP) is 3.39. The molecule has 1 fully saturated rings. The molecule has 150 valence electrons. The van der Waals surface area contributed by atoms with E-state index in [-0.39, 0.29) is 11.9 Å². The molecule has 3 aromatic rings. The van der Waals surface area contributed by atoms with Crippen molar-refractivity contribution in [2.24, 2.45) is 5.73 Å². The first-order chi connectivity index (χ1) is 14.2. The summed E-state index contributed by atoms with van der Waals surface area (Å²) in [5, 5.41) is 4.87. The SMILES string of the molecule is COc1ccc(-c2nn(-c3ccccc3)cc2CN2CCCC[C@H]2C(N)=O)cc1. The van der Waals surface area contributed by atoms with Crippen molar-refractivity contribution >= 4 is 5.91 Å². The molecule has 0 spiro atoms. The van der Waals surface area contributed by atoms with Gasteiger partial charge in [0.15, 0.2) is 0 Å². The molecule has 1 aliphatic rings. The number of hydrogen-bond donors (Lipinski definition) is 1. The molecule has 1 saturated heterocycles. The van der Waals surface area contributed by atoms with Gasteiger partial charge in [-0.25, -0.2) is 4.68 Å². The highest BCUT2D eigenvalue weighted by molar-refractivity contribution is 5.80. The van der Waals surface area contributed by atoms with Crippen LogP contribution in [-0.4, -0.2) is 40.3 Å². The maximum atomic E-state index is 12.0. The van der Waals surface area contributed by atoms with Gasteiger partial charge in [0.2, 0.25) is 5.91 Å². The normalized spacial score (nSPS) is 17.2. The van der Waals surface area contributed by atoms with Crippen LogP contribution >= 0.6 is 0 Å². The fourth-order valence-corrected chi connectivity index (χ4v) is 3.95. The molecule has 1 amide bonds. The number of piperidine rings is 1. The number of hydrogen-bond acceptors (Lipinski definition) is 4. The van der Waals surface area contributed by atoms with Gasteiger partial charge in [0.25, 0.3) is 0 Å². The van der Waals surface area contributed by atoms with Gasteiger partial charge in [-0.3, -0.25) is 9.69 Å². The van der Waals surface area contributed by atoms with Crippen LogP contribution in [0.15, 0.2) is 60.8 Å². The van der Waals surface area contributed by atoms with Crippen LogP contribution in [0.25, 0.3) is 16.9 Å². The topological polar surface area (TPSA) is 73.4 Å². The zero-order valence-electron chi connectivity index (χ0n) is 16.6. The Bertz CT molecular complexity index is 966. The van der Waals surface area contributed by atoms with E-state index in [2.05, 4.69) is 11.1 Å². The van der Waals surface area contributed by atoms with E-state index >= 15 is 0 Å². The smallest absolute Gasteiger partial charge is 0.234 e. The second-order valence-corrected chi connectivity index (χ2v) is 7.40. The third kappa shape index (κ3) is 4.17. The molecule has 2 heterocycles. The third-order valence-electron chi connectivity index (χ3n) is 5.49. The molecule has 0 unspecified atom stereocenters. The number of carbonyl (C=O) groups excluding carboxylic acids is 1. The highest BCUT2D eigenvalue weighted by Crippen LogP contribution is 2.28. The lowest BCUT2D eigenvalue weighted by molar-refractivity contribution is -0.124. The second-order valence-electron chi connectivity index (χ2n) is 7.40. The summed E-state index contributed by atoms with van der Waals surface area (Å²) in [6.07, 6.45) is 4.99. The first-order valence-corrected chi connectivity index (χ1v) is 9.97. The molecule has 0 bridgehead atoms. The molecule has 2 N–H and O–H groups in total. The zero-order chi connectivity index (χ0) is 20.2. The van der Waals surface area contributed by atoms with Crippen LogP contribution in [0.3, 0.4) is 0 Å². The van der Waals surface area contributed by atoms with Gasteiger partial charge in [0.1, 0.15) is 5.75 Å². The fraction of sp³-hybridized carbons (Fsp3) is 0.304. The standard InChI is InChI=1S/C23H26N4O2/c1-29-20-12-10-17(11-13-20)22-18(15-26-14-6-5-9-21(26)23(24)28)16-27(25-22)19-7-3-2-4-8-19/h2-4,7-8,10-13,16,21H,5-6,9,14-15H2,1H3,(H2,24,28)/t21-/m0/s1. The Morgan fingerprint density at radius 3 is 2.59 bits per heavy atom. The Kier molecular flexibility index (Phi) is 5.62. The van der Waals surface area contributed by atoms with Gasteiger partial charge in [-0.2, -0.15) is 5.10 Å². The van der Waals surface area contributed by atoms with Gasteiger partial charge in [-0.15, -0.1) is 0 Å². The minimum atomic E-state index is -0.244. The predicted molar refractivity (Wildman–Crippen MR) is 113 cm³/mol. The summed E-state index contributed by atoms with van der Waals surface area (Å²) in [6, 6.07) is 17.7. The van der Waals surface area contributed by atoms with Gasteiger partial charge in [0, 0.05) is 23.9 Å². The Morgan fingerprint density at radius 1 is 1.14 bits per heavy atom. The number of amides is 1. The van der Waals surface area contributed by atoms with Crippen molar-refractivity contribution in [2.75, 3.05) is 13.7 Å². The number of rotatable bonds is 6. The molecule has 1 atom stereocenters. The summed E-state index contributed by atoms with van der Waals surface area (Å²) in [6.45, 7) is 1.51. The molecule has 6 nitrogen and oxygen atoms in total. The number of ether oxygens (including phenoxy) is 1. The molecule has 1 aromatic heterocycles. The number of para-hydroxylation sites is 1. The summed E-state index contributed by atoms with van der Waals surface area (Å²) >= 11 is 0. The summed E-state index contributed by atoms with van der Waals surface area (Å²) in [7, 11) is 1.66. The van der Waals surface area contributed by atoms with Gasteiger partial charge >= 0.3 is 0 Å². The van der Waals surface area contributed by atoms with Crippen LogP contribution in [0, 0.1) is 0 Å². The van der Waals surface area contributed by atoms with Crippen LogP contribution in [0.2, 0.25) is 0 Å². The molecule has 2 aromatic carbocycles. The number of primary amides is 1. The lowest BCUT2D eigenvalue weighted by Gasteiger charge is -2.33. The van der Waals surface area contributed by atoms with Gasteiger partial charge in [-0.05, 0) is 55.8 Å². The Balaban J connectivity index is 1.72. The van der Waals surface area contributed by atoms with Crippen molar-refractivity contribution in [3.05, 3.63) is 66.4 Å². The number of carbonyl (C=O) groups is 1. The van der Waals surface area contributed by atoms with Crippen LogP contribution in [0.5, 0.6) is 5.75 Å². The molecule has 0 saturated carbocycles. The zero-order valence-corrected chi connectivity index (χ0v) is 16.6. The number of nitrogens with zero attached hydrogens (tertiary/aromatic N) is 3. The minimum absolute atomic E-state index is 0.215. The Morgan fingerprint density at radius 2 is 1.90 bits per heavy atom. The van der Waals surface area contributed by atoms with E-state index in [1.165, 1.54) is 0 Å². The number of likely N-dealkylation sites (tertiary alicyclic amines) is 1. The average Bonchev–Trinajstić information content (AvgIpc) is 3.18. The highest BCUT2D eigenvalue weighted by Gasteiger charge is 2.28.